The molecule has 0 aliphatic rings. The van der Waals surface area contributed by atoms with Gasteiger partial charge in [0.15, 0.2) is 0 Å². The summed E-state index contributed by atoms with van der Waals surface area (Å²) in [5, 5.41) is 0. The van der Waals surface area contributed by atoms with Gasteiger partial charge in [0.2, 0.25) is 0 Å². The molecular formula is C17H20ClN3. The van der Waals surface area contributed by atoms with Crippen LogP contribution in [0, 0.1) is 0 Å². The van der Waals surface area contributed by atoms with E-state index in [-0.39, 0.29) is 12.4 Å². The first kappa shape index (κ1) is 15.5. The molecule has 0 saturated carbocycles. The van der Waals surface area contributed by atoms with Crippen molar-refractivity contribution in [3.05, 3.63) is 66.0 Å². The second-order valence-corrected chi connectivity index (χ2v) is 5.33. The van der Waals surface area contributed by atoms with E-state index in [1.54, 1.807) is 0 Å². The summed E-state index contributed by atoms with van der Waals surface area (Å²) in [5.74, 6) is 1.11. The largest absolute Gasteiger partial charge is 0.322 e. The highest BCUT2D eigenvalue weighted by Crippen LogP contribution is 2.18. The first-order chi connectivity index (χ1) is 9.74. The predicted octanol–water partition coefficient (Wildman–Crippen LogP) is 3.57. The van der Waals surface area contributed by atoms with Crippen LogP contribution in [0.3, 0.4) is 0 Å². The minimum atomic E-state index is 0. The molecule has 0 aliphatic carbocycles. The maximum atomic E-state index is 4.77. The molecule has 0 N–H and O–H groups in total. The van der Waals surface area contributed by atoms with E-state index in [0.717, 1.165) is 24.4 Å². The van der Waals surface area contributed by atoms with Crippen molar-refractivity contribution >= 4 is 23.4 Å². The molecule has 0 saturated heterocycles. The minimum absolute atomic E-state index is 0. The first-order valence-electron chi connectivity index (χ1n) is 6.87. The molecule has 2 aromatic carbocycles. The first-order valence-corrected chi connectivity index (χ1v) is 6.87. The summed E-state index contributed by atoms with van der Waals surface area (Å²) < 4.78 is 2.31. The number of aromatic nitrogens is 2. The average Bonchev–Trinajstić information content (AvgIpc) is 2.77. The van der Waals surface area contributed by atoms with Gasteiger partial charge in [0, 0.05) is 6.54 Å². The van der Waals surface area contributed by atoms with E-state index in [2.05, 4.69) is 72.1 Å². The second-order valence-electron chi connectivity index (χ2n) is 5.33. The molecule has 0 amide bonds. The van der Waals surface area contributed by atoms with Crippen LogP contribution in [0.2, 0.25) is 0 Å². The van der Waals surface area contributed by atoms with Crippen molar-refractivity contribution in [2.24, 2.45) is 0 Å². The van der Waals surface area contributed by atoms with Crippen molar-refractivity contribution < 1.29 is 0 Å². The molecule has 0 atom stereocenters. The second kappa shape index (κ2) is 6.74. The smallest absolute Gasteiger partial charge is 0.124 e. The fourth-order valence-electron chi connectivity index (χ4n) is 2.47. The molecule has 0 fully saturated rings. The van der Waals surface area contributed by atoms with Crippen LogP contribution in [0.1, 0.15) is 11.4 Å². The standard InChI is InChI=1S/C17H19N3.ClH/c1-19(2)13-17-18-15-10-6-7-11-16(15)20(17)12-14-8-4-3-5-9-14;/h3-11H,12-13H2,1-2H3;1H. The number of benzene rings is 2. The van der Waals surface area contributed by atoms with Crippen LogP contribution in [0.4, 0.5) is 0 Å². The molecule has 3 aromatic rings. The maximum absolute atomic E-state index is 4.77. The van der Waals surface area contributed by atoms with Crippen LogP contribution >= 0.6 is 12.4 Å². The van der Waals surface area contributed by atoms with Crippen molar-refractivity contribution in [1.29, 1.82) is 0 Å². The Bertz CT molecular complexity index is 704. The summed E-state index contributed by atoms with van der Waals surface area (Å²) >= 11 is 0. The third-order valence-corrected chi connectivity index (χ3v) is 3.37. The zero-order valence-corrected chi connectivity index (χ0v) is 13.2. The molecule has 110 valence electrons. The van der Waals surface area contributed by atoms with Gasteiger partial charge in [0.25, 0.3) is 0 Å². The van der Waals surface area contributed by atoms with E-state index < -0.39 is 0 Å². The van der Waals surface area contributed by atoms with Gasteiger partial charge in [-0.05, 0) is 31.8 Å². The Kier molecular flexibility index (Phi) is 4.99. The number of hydrogen-bond donors (Lipinski definition) is 0. The number of fused-ring (bicyclic) bond motifs is 1. The van der Waals surface area contributed by atoms with Crippen molar-refractivity contribution in [2.75, 3.05) is 14.1 Å². The van der Waals surface area contributed by atoms with Crippen molar-refractivity contribution in [1.82, 2.24) is 14.5 Å². The molecule has 1 heterocycles. The lowest BCUT2D eigenvalue weighted by atomic mass is 10.2. The molecule has 0 aliphatic heterocycles. The zero-order chi connectivity index (χ0) is 13.9. The average molecular weight is 302 g/mol. The number of imidazole rings is 1. The molecule has 3 nitrogen and oxygen atoms in total. The Morgan fingerprint density at radius 3 is 2.33 bits per heavy atom. The number of hydrogen-bond acceptors (Lipinski definition) is 2. The number of para-hydroxylation sites is 2. The lowest BCUT2D eigenvalue weighted by Gasteiger charge is -2.13. The molecule has 0 radical (unpaired) electrons. The van der Waals surface area contributed by atoms with Gasteiger partial charge in [-0.25, -0.2) is 4.98 Å². The normalized spacial score (nSPS) is 10.8. The Morgan fingerprint density at radius 1 is 0.952 bits per heavy atom. The van der Waals surface area contributed by atoms with Gasteiger partial charge in [-0.3, -0.25) is 0 Å². The fourth-order valence-corrected chi connectivity index (χ4v) is 2.47. The summed E-state index contributed by atoms with van der Waals surface area (Å²) in [6.07, 6.45) is 0. The van der Waals surface area contributed by atoms with E-state index in [9.17, 15) is 0 Å². The van der Waals surface area contributed by atoms with E-state index >= 15 is 0 Å². The van der Waals surface area contributed by atoms with Crippen LogP contribution in [0.5, 0.6) is 0 Å². The fraction of sp³-hybridized carbons (Fsp3) is 0.235. The van der Waals surface area contributed by atoms with Gasteiger partial charge >= 0.3 is 0 Å². The lowest BCUT2D eigenvalue weighted by molar-refractivity contribution is 0.384. The quantitative estimate of drug-likeness (QED) is 0.734. The van der Waals surface area contributed by atoms with Crippen LogP contribution < -0.4 is 0 Å². The molecule has 0 bridgehead atoms. The molecular weight excluding hydrogens is 282 g/mol. The van der Waals surface area contributed by atoms with Crippen LogP contribution in [-0.2, 0) is 13.1 Å². The maximum Gasteiger partial charge on any atom is 0.124 e. The Hall–Kier alpha value is -1.84. The van der Waals surface area contributed by atoms with Crippen molar-refractivity contribution in [3.8, 4) is 0 Å². The Morgan fingerprint density at radius 2 is 1.62 bits per heavy atom. The van der Waals surface area contributed by atoms with Crippen LogP contribution in [-0.4, -0.2) is 28.5 Å². The SMILES string of the molecule is CN(C)Cc1nc2ccccc2n1Cc1ccccc1.Cl. The highest BCUT2D eigenvalue weighted by molar-refractivity contribution is 5.85. The van der Waals surface area contributed by atoms with Gasteiger partial charge < -0.3 is 9.47 Å². The predicted molar refractivity (Wildman–Crippen MR) is 89.9 cm³/mol. The molecule has 21 heavy (non-hydrogen) atoms. The van der Waals surface area contributed by atoms with E-state index in [1.807, 2.05) is 6.07 Å². The Balaban J connectivity index is 0.00000161. The Labute approximate surface area is 131 Å². The van der Waals surface area contributed by atoms with Crippen LogP contribution in [0.15, 0.2) is 54.6 Å². The third kappa shape index (κ3) is 3.43. The van der Waals surface area contributed by atoms with Crippen molar-refractivity contribution in [3.63, 3.8) is 0 Å². The van der Waals surface area contributed by atoms with Crippen molar-refractivity contribution in [2.45, 2.75) is 13.1 Å². The minimum Gasteiger partial charge on any atom is -0.322 e. The molecule has 4 heteroatoms. The zero-order valence-electron chi connectivity index (χ0n) is 12.4. The molecule has 1 aromatic heterocycles. The van der Waals surface area contributed by atoms with Gasteiger partial charge in [-0.2, -0.15) is 0 Å². The molecule has 3 rings (SSSR count). The number of rotatable bonds is 4. The van der Waals surface area contributed by atoms with Crippen LogP contribution in [0.25, 0.3) is 11.0 Å². The highest BCUT2D eigenvalue weighted by atomic mass is 35.5. The monoisotopic (exact) mass is 301 g/mol. The van der Waals surface area contributed by atoms with Gasteiger partial charge in [-0.1, -0.05) is 42.5 Å². The summed E-state index contributed by atoms with van der Waals surface area (Å²) in [6, 6.07) is 18.9. The van der Waals surface area contributed by atoms with E-state index in [0.29, 0.717) is 0 Å². The third-order valence-electron chi connectivity index (χ3n) is 3.37. The summed E-state index contributed by atoms with van der Waals surface area (Å²) in [5.41, 5.74) is 3.57. The number of halogens is 1. The molecule has 0 spiro atoms. The lowest BCUT2D eigenvalue weighted by Crippen LogP contribution is -2.16. The summed E-state index contributed by atoms with van der Waals surface area (Å²) in [4.78, 5) is 6.93. The van der Waals surface area contributed by atoms with Gasteiger partial charge in [0.1, 0.15) is 5.82 Å². The molecule has 0 unspecified atom stereocenters. The van der Waals surface area contributed by atoms with Gasteiger partial charge in [-0.15, -0.1) is 12.4 Å². The summed E-state index contributed by atoms with van der Waals surface area (Å²) in [7, 11) is 4.15. The summed E-state index contributed by atoms with van der Waals surface area (Å²) in [6.45, 7) is 1.71. The van der Waals surface area contributed by atoms with Gasteiger partial charge in [0.05, 0.1) is 17.6 Å². The van der Waals surface area contributed by atoms with E-state index in [4.69, 9.17) is 4.98 Å². The number of nitrogens with zero attached hydrogens (tertiary/aromatic N) is 3. The topological polar surface area (TPSA) is 21.1 Å². The van der Waals surface area contributed by atoms with E-state index in [1.165, 1.54) is 11.1 Å². The highest BCUT2D eigenvalue weighted by Gasteiger charge is 2.11.